The average molecular weight is 560 g/mol. The lowest BCUT2D eigenvalue weighted by Gasteiger charge is -2.37. The van der Waals surface area contributed by atoms with E-state index in [1.54, 1.807) is 18.7 Å². The van der Waals surface area contributed by atoms with Gasteiger partial charge in [-0.2, -0.15) is 0 Å². The van der Waals surface area contributed by atoms with Crippen molar-refractivity contribution in [2.24, 2.45) is 39.0 Å². The van der Waals surface area contributed by atoms with Gasteiger partial charge in [-0.1, -0.05) is 60.3 Å². The van der Waals surface area contributed by atoms with E-state index in [1.165, 1.54) is 0 Å². The molecule has 6 N–H and O–H groups in total. The van der Waals surface area contributed by atoms with Crippen LogP contribution in [0.5, 0.6) is 0 Å². The van der Waals surface area contributed by atoms with Gasteiger partial charge in [0.05, 0.1) is 11.6 Å². The zero-order chi connectivity index (χ0) is 30.1. The van der Waals surface area contributed by atoms with E-state index in [4.69, 9.17) is 11.5 Å². The van der Waals surface area contributed by atoms with Crippen LogP contribution in [0.3, 0.4) is 0 Å². The molecule has 1 heterocycles. The van der Waals surface area contributed by atoms with E-state index in [0.717, 1.165) is 38.5 Å². The summed E-state index contributed by atoms with van der Waals surface area (Å²) >= 11 is 0. The monoisotopic (exact) mass is 559 g/mol. The summed E-state index contributed by atoms with van der Waals surface area (Å²) in [4.78, 5) is 67.4. The smallest absolute Gasteiger partial charge is 0.287 e. The summed E-state index contributed by atoms with van der Waals surface area (Å²) in [6.07, 6.45) is 7.02. The Hall–Kier alpha value is -2.49. The first-order valence-electron chi connectivity index (χ1n) is 14.8. The summed E-state index contributed by atoms with van der Waals surface area (Å²) < 4.78 is 0. The van der Waals surface area contributed by atoms with Crippen LogP contribution in [-0.4, -0.2) is 64.5 Å². The topological polar surface area (TPSA) is 165 Å². The molecule has 0 bridgehead atoms. The molecule has 0 aromatic rings. The second-order valence-electron chi connectivity index (χ2n) is 15.1. The van der Waals surface area contributed by atoms with E-state index >= 15 is 0 Å². The molecule has 10 nitrogen and oxygen atoms in total. The molecule has 3 saturated carbocycles. The number of carbonyl (C=O) groups excluding carboxylic acids is 5. The van der Waals surface area contributed by atoms with Gasteiger partial charge in [0, 0.05) is 12.0 Å². The van der Waals surface area contributed by atoms with Gasteiger partial charge >= 0.3 is 0 Å². The number of nitrogens with two attached hydrogens (primary N) is 2. The summed E-state index contributed by atoms with van der Waals surface area (Å²) in [5, 5.41) is 5.70. The second kappa shape index (κ2) is 9.81. The van der Waals surface area contributed by atoms with E-state index in [-0.39, 0.29) is 28.1 Å². The van der Waals surface area contributed by atoms with Gasteiger partial charge in [0.15, 0.2) is 0 Å². The molecule has 4 fully saturated rings. The molecule has 1 aliphatic heterocycles. The highest BCUT2D eigenvalue weighted by Crippen LogP contribution is 2.88. The minimum atomic E-state index is -1.19. The van der Waals surface area contributed by atoms with Gasteiger partial charge in [-0.25, -0.2) is 0 Å². The third-order valence-corrected chi connectivity index (χ3v) is 11.0. The highest BCUT2D eigenvalue weighted by atomic mass is 16.2. The van der Waals surface area contributed by atoms with Crippen molar-refractivity contribution in [3.63, 3.8) is 0 Å². The standard InChI is InChI=1S/C30H49N5O5/c1-26(2,3)21(34-25(40)27(4,5)32)24(39)35-16-30(28(6,7)29(30)12-9-13-29)15-19(35)23(38)33-18(20(36)22(31)37)14-17-10-8-11-17/h17-19,21H,8-16,32H2,1-7H3,(H2,31,37)(H,33,38)(H,34,40)/t18?,19-,21+,30+/m0/s1. The van der Waals surface area contributed by atoms with Gasteiger partial charge in [0.2, 0.25) is 23.5 Å². The molecular weight excluding hydrogens is 510 g/mol. The first kappa shape index (κ1) is 30.5. The number of amides is 4. The third-order valence-electron chi connectivity index (χ3n) is 11.0. The van der Waals surface area contributed by atoms with Crippen molar-refractivity contribution >= 4 is 29.4 Å². The zero-order valence-corrected chi connectivity index (χ0v) is 25.3. The van der Waals surface area contributed by atoms with E-state index in [1.807, 2.05) is 20.8 Å². The predicted molar refractivity (Wildman–Crippen MR) is 150 cm³/mol. The molecule has 2 spiro atoms. The molecule has 1 unspecified atom stereocenters. The van der Waals surface area contributed by atoms with Crippen LogP contribution < -0.4 is 22.1 Å². The van der Waals surface area contributed by atoms with Gasteiger partial charge in [-0.05, 0) is 61.7 Å². The maximum Gasteiger partial charge on any atom is 0.287 e. The predicted octanol–water partition coefficient (Wildman–Crippen LogP) is 1.78. The number of Topliss-reactive ketones (excluding diaryl/α,β-unsaturated/α-hetero) is 1. The van der Waals surface area contributed by atoms with Crippen molar-refractivity contribution < 1.29 is 24.0 Å². The second-order valence-corrected chi connectivity index (χ2v) is 15.1. The van der Waals surface area contributed by atoms with Gasteiger partial charge in [0.25, 0.3) is 5.91 Å². The Kier molecular flexibility index (Phi) is 7.47. The maximum absolute atomic E-state index is 14.3. The number of rotatable bonds is 9. The van der Waals surface area contributed by atoms with Gasteiger partial charge in [-0.15, -0.1) is 0 Å². The number of nitrogens with zero attached hydrogens (tertiary/aromatic N) is 1. The van der Waals surface area contributed by atoms with Crippen LogP contribution in [0.25, 0.3) is 0 Å². The van der Waals surface area contributed by atoms with Gasteiger partial charge in [0.1, 0.15) is 12.1 Å². The van der Waals surface area contributed by atoms with Crippen molar-refractivity contribution in [2.45, 2.75) is 123 Å². The fourth-order valence-electron chi connectivity index (χ4n) is 7.93. The summed E-state index contributed by atoms with van der Waals surface area (Å²) in [6, 6.07) is -2.75. The molecule has 0 aromatic carbocycles. The number of hydrogen-bond donors (Lipinski definition) is 4. The summed E-state index contributed by atoms with van der Waals surface area (Å²) in [6.45, 7) is 13.6. The molecule has 4 rings (SSSR count). The Labute approximate surface area is 238 Å². The Morgan fingerprint density at radius 2 is 1.55 bits per heavy atom. The van der Waals surface area contributed by atoms with E-state index < -0.39 is 52.6 Å². The summed E-state index contributed by atoms with van der Waals surface area (Å²) in [5.41, 5.74) is 9.32. The van der Waals surface area contributed by atoms with Crippen LogP contribution in [0.1, 0.15) is 99.8 Å². The van der Waals surface area contributed by atoms with E-state index in [2.05, 4.69) is 24.5 Å². The van der Waals surface area contributed by atoms with Crippen molar-refractivity contribution in [1.82, 2.24) is 15.5 Å². The maximum atomic E-state index is 14.3. The van der Waals surface area contributed by atoms with E-state index in [0.29, 0.717) is 19.4 Å². The average Bonchev–Trinajstić information content (AvgIpc) is 3.02. The number of fused-ring (bicyclic) bond motifs is 1. The SMILES string of the molecule is CC(C)(N)C(=O)N[C@H](C(=O)N1C[C@]2(C[C@H]1C(=O)NC(CC1CCC1)C(=O)C(N)=O)C(C)(C)C21CCC1)C(C)(C)C. The fraction of sp³-hybridized carbons (Fsp3) is 0.833. The quantitative estimate of drug-likeness (QED) is 0.315. The summed E-state index contributed by atoms with van der Waals surface area (Å²) in [5.74, 6) is -2.86. The molecular formula is C30H49N5O5. The Morgan fingerprint density at radius 1 is 0.950 bits per heavy atom. The van der Waals surface area contributed by atoms with Crippen LogP contribution in [-0.2, 0) is 24.0 Å². The summed E-state index contributed by atoms with van der Waals surface area (Å²) in [7, 11) is 0. The highest BCUT2D eigenvalue weighted by molar-refractivity contribution is 6.37. The Morgan fingerprint density at radius 3 is 1.95 bits per heavy atom. The van der Waals surface area contributed by atoms with Crippen molar-refractivity contribution in [3.8, 4) is 0 Å². The third kappa shape index (κ3) is 4.73. The minimum absolute atomic E-state index is 0.0556. The normalized spacial score (nSPS) is 28.3. The number of primary amides is 1. The lowest BCUT2D eigenvalue weighted by Crippen LogP contribution is -2.62. The molecule has 40 heavy (non-hydrogen) atoms. The molecule has 224 valence electrons. The lowest BCUT2D eigenvalue weighted by molar-refractivity contribution is -0.145. The van der Waals surface area contributed by atoms with Crippen molar-refractivity contribution in [2.75, 3.05) is 6.54 Å². The number of hydrogen-bond acceptors (Lipinski definition) is 6. The Balaban J connectivity index is 1.65. The molecule has 3 aliphatic carbocycles. The molecule has 0 radical (unpaired) electrons. The van der Waals surface area contributed by atoms with Gasteiger partial charge < -0.3 is 27.0 Å². The molecule has 4 amide bonds. The van der Waals surface area contributed by atoms with Gasteiger partial charge in [-0.3, -0.25) is 24.0 Å². The highest BCUT2D eigenvalue weighted by Gasteiger charge is 2.85. The molecule has 4 atom stereocenters. The number of ketones is 1. The van der Waals surface area contributed by atoms with Crippen LogP contribution in [0, 0.1) is 27.6 Å². The van der Waals surface area contributed by atoms with Crippen LogP contribution in [0.15, 0.2) is 0 Å². The van der Waals surface area contributed by atoms with Crippen LogP contribution in [0.4, 0.5) is 0 Å². The van der Waals surface area contributed by atoms with Crippen LogP contribution in [0.2, 0.25) is 0 Å². The molecule has 1 saturated heterocycles. The molecule has 0 aromatic heterocycles. The van der Waals surface area contributed by atoms with Crippen LogP contribution >= 0.6 is 0 Å². The number of likely N-dealkylation sites (tertiary alicyclic amines) is 1. The number of carbonyl (C=O) groups is 5. The lowest BCUT2D eigenvalue weighted by atomic mass is 9.73. The van der Waals surface area contributed by atoms with E-state index in [9.17, 15) is 24.0 Å². The zero-order valence-electron chi connectivity index (χ0n) is 25.3. The fourth-order valence-corrected chi connectivity index (χ4v) is 7.93. The largest absolute Gasteiger partial charge is 0.363 e. The molecule has 10 heteroatoms. The first-order chi connectivity index (χ1) is 18.3. The molecule has 4 aliphatic rings. The van der Waals surface area contributed by atoms with Crippen molar-refractivity contribution in [1.29, 1.82) is 0 Å². The van der Waals surface area contributed by atoms with Crippen molar-refractivity contribution in [3.05, 3.63) is 0 Å². The first-order valence-corrected chi connectivity index (χ1v) is 14.8. The number of nitrogens with one attached hydrogen (secondary N) is 2. The minimum Gasteiger partial charge on any atom is -0.363 e. The Bertz CT molecular complexity index is 1090.